The third kappa shape index (κ3) is 4.23. The second kappa shape index (κ2) is 8.71. The standard InChI is InChI=1S/C21H21ClN2O6/c1-4-29-21(28)18-17(11(2)25)12(3)30-20(18)23-19(27)13-9-16(26)24(10-13)15-7-5-14(22)6-8-15/h5-8,13H,4,9-10H2,1-3H3,(H,23,27). The Bertz CT molecular complexity index is 1010. The number of carbonyl (C=O) groups is 4. The van der Waals surface area contributed by atoms with E-state index in [-0.39, 0.29) is 54.0 Å². The number of halogens is 1. The fourth-order valence-electron chi connectivity index (χ4n) is 3.42. The molecule has 1 aromatic heterocycles. The first kappa shape index (κ1) is 21.6. The molecule has 0 spiro atoms. The number of anilines is 2. The minimum Gasteiger partial charge on any atom is -0.462 e. The van der Waals surface area contributed by atoms with Gasteiger partial charge in [0.25, 0.3) is 0 Å². The van der Waals surface area contributed by atoms with Crippen molar-refractivity contribution in [2.45, 2.75) is 27.2 Å². The van der Waals surface area contributed by atoms with Crippen molar-refractivity contribution in [1.82, 2.24) is 0 Å². The van der Waals surface area contributed by atoms with Gasteiger partial charge in [-0.3, -0.25) is 19.7 Å². The van der Waals surface area contributed by atoms with Crippen LogP contribution in [0.1, 0.15) is 46.7 Å². The van der Waals surface area contributed by atoms with E-state index in [0.29, 0.717) is 10.7 Å². The third-order valence-corrected chi connectivity index (χ3v) is 5.04. The number of ether oxygens (including phenoxy) is 1. The van der Waals surface area contributed by atoms with Gasteiger partial charge in [0, 0.05) is 23.7 Å². The summed E-state index contributed by atoms with van der Waals surface area (Å²) in [6.45, 7) is 4.72. The molecular weight excluding hydrogens is 412 g/mol. The molecule has 9 heteroatoms. The molecule has 0 aliphatic carbocycles. The number of ketones is 1. The van der Waals surface area contributed by atoms with Crippen molar-refractivity contribution in [2.24, 2.45) is 5.92 Å². The number of rotatable bonds is 6. The molecule has 2 amide bonds. The lowest BCUT2D eigenvalue weighted by Crippen LogP contribution is -2.28. The molecule has 1 atom stereocenters. The van der Waals surface area contributed by atoms with Crippen LogP contribution in [0.2, 0.25) is 5.02 Å². The molecule has 0 radical (unpaired) electrons. The first-order valence-corrected chi connectivity index (χ1v) is 9.79. The summed E-state index contributed by atoms with van der Waals surface area (Å²) in [5, 5.41) is 3.09. The van der Waals surface area contributed by atoms with Crippen LogP contribution in [0.15, 0.2) is 28.7 Å². The largest absolute Gasteiger partial charge is 0.462 e. The molecule has 2 heterocycles. The molecule has 30 heavy (non-hydrogen) atoms. The zero-order valence-corrected chi connectivity index (χ0v) is 17.5. The summed E-state index contributed by atoms with van der Waals surface area (Å²) in [4.78, 5) is 51.1. The van der Waals surface area contributed by atoms with Gasteiger partial charge in [-0.05, 0) is 45.0 Å². The van der Waals surface area contributed by atoms with E-state index >= 15 is 0 Å². The fraction of sp³-hybridized carbons (Fsp3) is 0.333. The summed E-state index contributed by atoms with van der Waals surface area (Å²) in [5.41, 5.74) is 0.586. The maximum atomic E-state index is 12.8. The first-order chi connectivity index (χ1) is 14.2. The topological polar surface area (TPSA) is 106 Å². The first-order valence-electron chi connectivity index (χ1n) is 9.41. The van der Waals surface area contributed by atoms with Crippen LogP contribution in [0.4, 0.5) is 11.6 Å². The molecule has 1 aliphatic heterocycles. The molecule has 8 nitrogen and oxygen atoms in total. The minimum atomic E-state index is -0.764. The van der Waals surface area contributed by atoms with Gasteiger partial charge in [0.15, 0.2) is 5.78 Å². The molecule has 1 aromatic carbocycles. The smallest absolute Gasteiger partial charge is 0.344 e. The lowest BCUT2D eigenvalue weighted by atomic mass is 10.1. The van der Waals surface area contributed by atoms with Gasteiger partial charge in [0.2, 0.25) is 17.7 Å². The summed E-state index contributed by atoms with van der Waals surface area (Å²) in [5.74, 6) is -2.46. The minimum absolute atomic E-state index is 0.00244. The SMILES string of the molecule is CCOC(=O)c1c(NC(=O)C2CC(=O)N(c3ccc(Cl)cc3)C2)oc(C)c1C(C)=O. The molecule has 0 bridgehead atoms. The summed E-state index contributed by atoms with van der Waals surface area (Å²) < 4.78 is 10.5. The van der Waals surface area contributed by atoms with Crippen LogP contribution < -0.4 is 10.2 Å². The van der Waals surface area contributed by atoms with Gasteiger partial charge in [0.05, 0.1) is 18.1 Å². The van der Waals surface area contributed by atoms with Gasteiger partial charge in [-0.15, -0.1) is 0 Å². The molecule has 2 aromatic rings. The Labute approximate surface area is 178 Å². The summed E-state index contributed by atoms with van der Waals surface area (Å²) in [6.07, 6.45) is 0.00244. The van der Waals surface area contributed by atoms with E-state index in [1.807, 2.05) is 0 Å². The van der Waals surface area contributed by atoms with Crippen LogP contribution >= 0.6 is 11.6 Å². The highest BCUT2D eigenvalue weighted by Gasteiger charge is 2.37. The lowest BCUT2D eigenvalue weighted by Gasteiger charge is -2.16. The quantitative estimate of drug-likeness (QED) is 0.552. The molecule has 1 saturated heterocycles. The van der Waals surface area contributed by atoms with Crippen molar-refractivity contribution in [3.05, 3.63) is 46.2 Å². The van der Waals surface area contributed by atoms with Crippen LogP contribution in [-0.4, -0.2) is 36.7 Å². The Kier molecular flexibility index (Phi) is 6.26. The summed E-state index contributed by atoms with van der Waals surface area (Å²) in [7, 11) is 0. The second-order valence-electron chi connectivity index (χ2n) is 6.89. The lowest BCUT2D eigenvalue weighted by molar-refractivity contribution is -0.122. The van der Waals surface area contributed by atoms with Gasteiger partial charge in [0.1, 0.15) is 11.3 Å². The molecule has 1 fully saturated rings. The van der Waals surface area contributed by atoms with Crippen molar-refractivity contribution >= 4 is 46.7 Å². The zero-order valence-electron chi connectivity index (χ0n) is 16.8. The van der Waals surface area contributed by atoms with Crippen LogP contribution in [0.3, 0.4) is 0 Å². The van der Waals surface area contributed by atoms with Gasteiger partial charge in [-0.2, -0.15) is 0 Å². The number of esters is 1. The monoisotopic (exact) mass is 432 g/mol. The van der Waals surface area contributed by atoms with Crippen molar-refractivity contribution in [2.75, 3.05) is 23.4 Å². The molecule has 1 aliphatic rings. The van der Waals surface area contributed by atoms with Crippen LogP contribution in [-0.2, 0) is 14.3 Å². The number of nitrogens with zero attached hydrogens (tertiary/aromatic N) is 1. The van der Waals surface area contributed by atoms with Crippen LogP contribution in [0.25, 0.3) is 0 Å². The highest BCUT2D eigenvalue weighted by molar-refractivity contribution is 6.30. The molecule has 158 valence electrons. The van der Waals surface area contributed by atoms with Gasteiger partial charge in [-0.1, -0.05) is 11.6 Å². The van der Waals surface area contributed by atoms with E-state index in [4.69, 9.17) is 20.8 Å². The molecule has 1 unspecified atom stereocenters. The Morgan fingerprint density at radius 2 is 1.90 bits per heavy atom. The highest BCUT2D eigenvalue weighted by atomic mass is 35.5. The normalized spacial score (nSPS) is 15.9. The summed E-state index contributed by atoms with van der Waals surface area (Å²) in [6, 6.07) is 6.74. The predicted octanol–water partition coefficient (Wildman–Crippen LogP) is 3.61. The van der Waals surface area contributed by atoms with Crippen LogP contribution in [0, 0.1) is 12.8 Å². The maximum Gasteiger partial charge on any atom is 0.344 e. The Hall–Kier alpha value is -3.13. The Morgan fingerprint density at radius 1 is 1.23 bits per heavy atom. The molecule has 0 saturated carbocycles. The van der Waals surface area contributed by atoms with Crippen molar-refractivity contribution in [1.29, 1.82) is 0 Å². The molecule has 1 N–H and O–H groups in total. The number of hydrogen-bond acceptors (Lipinski definition) is 6. The van der Waals surface area contributed by atoms with Crippen molar-refractivity contribution in [3.8, 4) is 0 Å². The zero-order chi connectivity index (χ0) is 22.0. The maximum absolute atomic E-state index is 12.8. The predicted molar refractivity (Wildman–Crippen MR) is 110 cm³/mol. The van der Waals surface area contributed by atoms with Crippen LogP contribution in [0.5, 0.6) is 0 Å². The van der Waals surface area contributed by atoms with Gasteiger partial charge in [-0.25, -0.2) is 4.79 Å². The average molecular weight is 433 g/mol. The molecule has 3 rings (SSSR count). The van der Waals surface area contributed by atoms with E-state index in [0.717, 1.165) is 0 Å². The Balaban J connectivity index is 1.82. The Morgan fingerprint density at radius 3 is 2.50 bits per heavy atom. The summed E-state index contributed by atoms with van der Waals surface area (Å²) >= 11 is 5.88. The number of aryl methyl sites for hydroxylation is 1. The number of Topliss-reactive ketones (excluding diaryl/α,β-unsaturated/α-hetero) is 1. The number of furan rings is 1. The van der Waals surface area contributed by atoms with E-state index in [1.54, 1.807) is 31.2 Å². The number of benzene rings is 1. The van der Waals surface area contributed by atoms with Crippen molar-refractivity contribution in [3.63, 3.8) is 0 Å². The van der Waals surface area contributed by atoms with E-state index in [9.17, 15) is 19.2 Å². The molecular formula is C21H21ClN2O6. The number of hydrogen-bond donors (Lipinski definition) is 1. The fourth-order valence-corrected chi connectivity index (χ4v) is 3.55. The number of carbonyl (C=O) groups excluding carboxylic acids is 4. The number of nitrogens with one attached hydrogen (secondary N) is 1. The number of amides is 2. The highest BCUT2D eigenvalue weighted by Crippen LogP contribution is 2.31. The van der Waals surface area contributed by atoms with Gasteiger partial charge < -0.3 is 14.1 Å². The second-order valence-corrected chi connectivity index (χ2v) is 7.32. The van der Waals surface area contributed by atoms with E-state index in [2.05, 4.69) is 5.32 Å². The third-order valence-electron chi connectivity index (χ3n) is 4.79. The van der Waals surface area contributed by atoms with E-state index in [1.165, 1.54) is 18.7 Å². The average Bonchev–Trinajstić information content (AvgIpc) is 3.22. The van der Waals surface area contributed by atoms with Gasteiger partial charge >= 0.3 is 5.97 Å². The van der Waals surface area contributed by atoms with E-state index < -0.39 is 17.8 Å². The van der Waals surface area contributed by atoms with Crippen molar-refractivity contribution < 1.29 is 28.3 Å².